The topological polar surface area (TPSA) is 32.7 Å². The molecule has 2 atom stereocenters. The molecule has 3 heteroatoms. The quantitative estimate of drug-likeness (QED) is 0.761. The first-order chi connectivity index (χ1) is 7.13. The summed E-state index contributed by atoms with van der Waals surface area (Å²) >= 11 is 0. The van der Waals surface area contributed by atoms with Gasteiger partial charge in [-0.15, -0.1) is 0 Å². The number of hydrogen-bond donors (Lipinski definition) is 1. The van der Waals surface area contributed by atoms with E-state index in [-0.39, 0.29) is 6.10 Å². The molecule has 1 aromatic rings. The van der Waals surface area contributed by atoms with E-state index >= 15 is 0 Å². The highest BCUT2D eigenvalue weighted by Gasteiger charge is 2.27. The van der Waals surface area contributed by atoms with Crippen molar-refractivity contribution in [3.63, 3.8) is 0 Å². The number of hydrogen-bond acceptors (Lipinski definition) is 3. The lowest BCUT2D eigenvalue weighted by atomic mass is 9.92. The van der Waals surface area contributed by atoms with Crippen LogP contribution in [0.1, 0.15) is 30.2 Å². The molecule has 0 fully saturated rings. The number of aliphatic hydroxyl groups excluding tert-OH is 1. The van der Waals surface area contributed by atoms with E-state index in [2.05, 4.69) is 11.8 Å². The maximum Gasteiger partial charge on any atom is 0.119 e. The maximum atomic E-state index is 9.93. The molecule has 1 heterocycles. The molecule has 2 rings (SSSR count). The summed E-state index contributed by atoms with van der Waals surface area (Å²) in [5.74, 6) is 0.850. The van der Waals surface area contributed by atoms with E-state index in [1.54, 1.807) is 7.11 Å². The predicted octanol–water partition coefficient (Wildman–Crippen LogP) is 1.73. The molecular formula is C12H17NO2. The van der Waals surface area contributed by atoms with Gasteiger partial charge in [0.25, 0.3) is 0 Å². The number of nitrogens with zero attached hydrogens (tertiary/aromatic N) is 1. The molecular weight excluding hydrogens is 190 g/mol. The summed E-state index contributed by atoms with van der Waals surface area (Å²) in [6.07, 6.45) is -0.382. The standard InChI is InChI=1S/C12H17NO2/c1-8-11-6-9(15-3)4-5-10(11)12(14)7-13(8)2/h4-6,8,12,14H,7H2,1-3H3/t8-,12+/m0/s1. The van der Waals surface area contributed by atoms with Crippen LogP contribution in [0.4, 0.5) is 0 Å². The fraction of sp³-hybridized carbons (Fsp3) is 0.500. The number of benzene rings is 1. The SMILES string of the molecule is COc1ccc2c(c1)[C@H](C)N(C)C[C@H]2O. The smallest absolute Gasteiger partial charge is 0.119 e. The molecule has 1 aliphatic rings. The van der Waals surface area contributed by atoms with Crippen LogP contribution in [0.15, 0.2) is 18.2 Å². The first kappa shape index (κ1) is 10.5. The lowest BCUT2D eigenvalue weighted by Gasteiger charge is -2.35. The maximum absolute atomic E-state index is 9.93. The minimum atomic E-state index is -0.382. The van der Waals surface area contributed by atoms with Crippen molar-refractivity contribution in [3.05, 3.63) is 29.3 Å². The second-order valence-electron chi connectivity index (χ2n) is 4.13. The molecule has 3 nitrogen and oxygen atoms in total. The highest BCUT2D eigenvalue weighted by Crippen LogP contribution is 2.35. The van der Waals surface area contributed by atoms with Crippen molar-refractivity contribution in [1.82, 2.24) is 4.90 Å². The summed E-state index contributed by atoms with van der Waals surface area (Å²) < 4.78 is 5.20. The normalized spacial score (nSPS) is 26.1. The Hall–Kier alpha value is -1.06. The van der Waals surface area contributed by atoms with Crippen LogP contribution in [-0.4, -0.2) is 30.7 Å². The molecule has 15 heavy (non-hydrogen) atoms. The van der Waals surface area contributed by atoms with Crippen LogP contribution in [0.5, 0.6) is 5.75 Å². The zero-order chi connectivity index (χ0) is 11.0. The van der Waals surface area contributed by atoms with Crippen LogP contribution >= 0.6 is 0 Å². The van der Waals surface area contributed by atoms with Crippen molar-refractivity contribution in [2.75, 3.05) is 20.7 Å². The van der Waals surface area contributed by atoms with Crippen molar-refractivity contribution < 1.29 is 9.84 Å². The molecule has 0 unspecified atom stereocenters. The van der Waals surface area contributed by atoms with Gasteiger partial charge in [-0.25, -0.2) is 0 Å². The number of likely N-dealkylation sites (N-methyl/N-ethyl adjacent to an activating group) is 1. The third-order valence-corrected chi connectivity index (χ3v) is 3.23. The van der Waals surface area contributed by atoms with Gasteiger partial charge in [0, 0.05) is 12.6 Å². The van der Waals surface area contributed by atoms with Crippen LogP contribution in [0, 0.1) is 0 Å². The molecule has 1 aromatic carbocycles. The van der Waals surface area contributed by atoms with E-state index in [9.17, 15) is 5.11 Å². The van der Waals surface area contributed by atoms with Crippen LogP contribution in [-0.2, 0) is 0 Å². The summed E-state index contributed by atoms with van der Waals surface area (Å²) in [5.41, 5.74) is 2.19. The van der Waals surface area contributed by atoms with Crippen molar-refractivity contribution in [3.8, 4) is 5.75 Å². The highest BCUT2D eigenvalue weighted by molar-refractivity contribution is 5.40. The second kappa shape index (κ2) is 3.83. The van der Waals surface area contributed by atoms with E-state index in [1.807, 2.05) is 25.2 Å². The Morgan fingerprint density at radius 3 is 2.80 bits per heavy atom. The Labute approximate surface area is 90.3 Å². The Morgan fingerprint density at radius 1 is 1.40 bits per heavy atom. The van der Waals surface area contributed by atoms with Crippen molar-refractivity contribution in [1.29, 1.82) is 0 Å². The fourth-order valence-electron chi connectivity index (χ4n) is 2.11. The van der Waals surface area contributed by atoms with Crippen LogP contribution in [0.3, 0.4) is 0 Å². The van der Waals surface area contributed by atoms with Gasteiger partial charge in [0.15, 0.2) is 0 Å². The number of rotatable bonds is 1. The van der Waals surface area contributed by atoms with E-state index in [0.29, 0.717) is 12.6 Å². The zero-order valence-electron chi connectivity index (χ0n) is 9.40. The molecule has 0 radical (unpaired) electrons. The lowest BCUT2D eigenvalue weighted by molar-refractivity contribution is 0.0888. The lowest BCUT2D eigenvalue weighted by Crippen LogP contribution is -2.33. The second-order valence-corrected chi connectivity index (χ2v) is 4.13. The number of aliphatic hydroxyl groups is 1. The Kier molecular flexibility index (Phi) is 2.67. The number of fused-ring (bicyclic) bond motifs is 1. The fourth-order valence-corrected chi connectivity index (χ4v) is 2.11. The molecule has 0 aliphatic carbocycles. The minimum Gasteiger partial charge on any atom is -0.497 e. The highest BCUT2D eigenvalue weighted by atomic mass is 16.5. The third kappa shape index (κ3) is 1.73. The van der Waals surface area contributed by atoms with Crippen LogP contribution in [0.25, 0.3) is 0 Å². The molecule has 0 saturated carbocycles. The molecule has 0 amide bonds. The van der Waals surface area contributed by atoms with E-state index in [0.717, 1.165) is 16.9 Å². The monoisotopic (exact) mass is 207 g/mol. The Bertz CT molecular complexity index is 365. The Morgan fingerprint density at radius 2 is 2.13 bits per heavy atom. The van der Waals surface area contributed by atoms with Gasteiger partial charge in [-0.3, -0.25) is 4.90 Å². The largest absolute Gasteiger partial charge is 0.497 e. The average Bonchev–Trinajstić information content (AvgIpc) is 2.25. The van der Waals surface area contributed by atoms with Gasteiger partial charge in [-0.2, -0.15) is 0 Å². The van der Waals surface area contributed by atoms with E-state index in [1.165, 1.54) is 0 Å². The van der Waals surface area contributed by atoms with Gasteiger partial charge in [0.2, 0.25) is 0 Å². The number of β-amino-alcohol motifs (C(OH)–C–C–N with tert-alkyl or cyclic N) is 1. The van der Waals surface area contributed by atoms with Crippen LogP contribution < -0.4 is 4.74 Å². The first-order valence-electron chi connectivity index (χ1n) is 5.19. The summed E-state index contributed by atoms with van der Waals surface area (Å²) in [5, 5.41) is 9.93. The minimum absolute atomic E-state index is 0.332. The third-order valence-electron chi connectivity index (χ3n) is 3.23. The van der Waals surface area contributed by atoms with Gasteiger partial charge in [0.1, 0.15) is 5.75 Å². The summed E-state index contributed by atoms with van der Waals surface area (Å²) in [6, 6.07) is 6.21. The van der Waals surface area contributed by atoms with Crippen molar-refractivity contribution >= 4 is 0 Å². The van der Waals surface area contributed by atoms with Gasteiger partial charge >= 0.3 is 0 Å². The van der Waals surface area contributed by atoms with Gasteiger partial charge in [0.05, 0.1) is 13.2 Å². The summed E-state index contributed by atoms with van der Waals surface area (Å²) in [4.78, 5) is 2.15. The molecule has 0 aromatic heterocycles. The molecule has 1 N–H and O–H groups in total. The average molecular weight is 207 g/mol. The number of methoxy groups -OCH3 is 1. The molecule has 0 saturated heterocycles. The molecule has 82 valence electrons. The van der Waals surface area contributed by atoms with Crippen molar-refractivity contribution in [2.24, 2.45) is 0 Å². The van der Waals surface area contributed by atoms with E-state index < -0.39 is 0 Å². The number of ether oxygens (including phenoxy) is 1. The van der Waals surface area contributed by atoms with Gasteiger partial charge in [-0.1, -0.05) is 6.07 Å². The van der Waals surface area contributed by atoms with Gasteiger partial charge < -0.3 is 9.84 Å². The molecule has 0 spiro atoms. The van der Waals surface area contributed by atoms with E-state index in [4.69, 9.17) is 4.74 Å². The summed E-state index contributed by atoms with van der Waals surface area (Å²) in [6.45, 7) is 2.84. The Balaban J connectivity index is 2.47. The molecule has 0 bridgehead atoms. The van der Waals surface area contributed by atoms with Crippen LogP contribution in [0.2, 0.25) is 0 Å². The zero-order valence-corrected chi connectivity index (χ0v) is 9.40. The molecule has 1 aliphatic heterocycles. The van der Waals surface area contributed by atoms with Gasteiger partial charge in [-0.05, 0) is 37.2 Å². The van der Waals surface area contributed by atoms with Crippen molar-refractivity contribution in [2.45, 2.75) is 19.1 Å². The predicted molar refractivity (Wildman–Crippen MR) is 59.0 cm³/mol. The first-order valence-corrected chi connectivity index (χ1v) is 5.19. The summed E-state index contributed by atoms with van der Waals surface area (Å²) in [7, 11) is 3.69.